The first kappa shape index (κ1) is 20.6. The topological polar surface area (TPSA) is 91.1 Å². The molecule has 1 amide bonds. The van der Waals surface area contributed by atoms with Gasteiger partial charge in [0, 0.05) is 36.7 Å². The molecular formula is C24H25N5O2. The quantitative estimate of drug-likeness (QED) is 0.652. The van der Waals surface area contributed by atoms with Crippen molar-refractivity contribution in [3.8, 4) is 22.9 Å². The van der Waals surface area contributed by atoms with Crippen LogP contribution in [0.4, 0.5) is 5.69 Å². The second kappa shape index (κ2) is 8.23. The Bertz CT molecular complexity index is 1190. The van der Waals surface area contributed by atoms with Crippen LogP contribution in [0.1, 0.15) is 35.8 Å². The highest BCUT2D eigenvalue weighted by atomic mass is 16.5. The van der Waals surface area contributed by atoms with Gasteiger partial charge in [0.25, 0.3) is 5.91 Å². The van der Waals surface area contributed by atoms with Crippen LogP contribution in [0.3, 0.4) is 0 Å². The molecule has 0 bridgehead atoms. The van der Waals surface area contributed by atoms with Gasteiger partial charge in [-0.05, 0) is 61.6 Å². The summed E-state index contributed by atoms with van der Waals surface area (Å²) >= 11 is 0. The SMILES string of the molecule is COc1cc(C(=O)N(C)C)ccc1-c1ccc2c(NC(C)C3CC3)c(C#N)nnc2c1. The predicted molar refractivity (Wildman–Crippen MR) is 120 cm³/mol. The van der Waals surface area contributed by atoms with E-state index in [1.54, 1.807) is 33.3 Å². The maximum atomic E-state index is 12.3. The number of anilines is 1. The van der Waals surface area contributed by atoms with E-state index in [-0.39, 0.29) is 11.9 Å². The summed E-state index contributed by atoms with van der Waals surface area (Å²) in [7, 11) is 5.02. The number of carbonyl (C=O) groups is 1. The molecule has 1 aliphatic rings. The normalized spacial score (nSPS) is 14.0. The average Bonchev–Trinajstić information content (AvgIpc) is 3.63. The molecule has 4 rings (SSSR count). The summed E-state index contributed by atoms with van der Waals surface area (Å²) in [5.41, 5.74) is 4.04. The third kappa shape index (κ3) is 4.02. The molecule has 1 N–H and O–H groups in total. The summed E-state index contributed by atoms with van der Waals surface area (Å²) in [6.07, 6.45) is 2.42. The van der Waals surface area contributed by atoms with Gasteiger partial charge in [-0.3, -0.25) is 4.79 Å². The Kier molecular flexibility index (Phi) is 5.47. The van der Waals surface area contributed by atoms with Gasteiger partial charge < -0.3 is 15.0 Å². The van der Waals surface area contributed by atoms with Crippen LogP contribution in [0.2, 0.25) is 0 Å². The fourth-order valence-electron chi connectivity index (χ4n) is 3.76. The molecular weight excluding hydrogens is 390 g/mol. The number of hydrogen-bond donors (Lipinski definition) is 1. The zero-order valence-corrected chi connectivity index (χ0v) is 18.1. The fraction of sp³-hybridized carbons (Fsp3) is 0.333. The molecule has 1 unspecified atom stereocenters. The first-order valence-corrected chi connectivity index (χ1v) is 10.3. The van der Waals surface area contributed by atoms with E-state index in [1.807, 2.05) is 24.3 Å². The van der Waals surface area contributed by atoms with Gasteiger partial charge in [0.2, 0.25) is 0 Å². The van der Waals surface area contributed by atoms with E-state index in [4.69, 9.17) is 4.74 Å². The second-order valence-electron chi connectivity index (χ2n) is 8.15. The number of nitrogens with zero attached hydrogens (tertiary/aromatic N) is 4. The summed E-state index contributed by atoms with van der Waals surface area (Å²) in [6.45, 7) is 2.14. The molecule has 158 valence electrons. The minimum absolute atomic E-state index is 0.0845. The number of nitriles is 1. The van der Waals surface area contributed by atoms with Crippen molar-refractivity contribution >= 4 is 22.5 Å². The van der Waals surface area contributed by atoms with Crippen molar-refractivity contribution in [2.45, 2.75) is 25.8 Å². The number of fused-ring (bicyclic) bond motifs is 1. The third-order valence-electron chi connectivity index (χ3n) is 5.73. The second-order valence-corrected chi connectivity index (χ2v) is 8.15. The van der Waals surface area contributed by atoms with Crippen molar-refractivity contribution in [3.05, 3.63) is 47.7 Å². The van der Waals surface area contributed by atoms with Gasteiger partial charge in [0.1, 0.15) is 11.8 Å². The van der Waals surface area contributed by atoms with Gasteiger partial charge in [0.15, 0.2) is 5.69 Å². The molecule has 2 aromatic carbocycles. The van der Waals surface area contributed by atoms with E-state index in [2.05, 4.69) is 28.5 Å². The van der Waals surface area contributed by atoms with Gasteiger partial charge in [0.05, 0.1) is 18.3 Å². The van der Waals surface area contributed by atoms with Crippen LogP contribution >= 0.6 is 0 Å². The Hall–Kier alpha value is -3.66. The molecule has 1 aromatic heterocycles. The van der Waals surface area contributed by atoms with E-state index < -0.39 is 0 Å². The molecule has 0 spiro atoms. The standard InChI is InChI=1S/C24H25N5O2/c1-14(15-5-6-15)26-23-19-10-7-16(11-20(19)27-28-21(23)13-25)18-9-8-17(12-22(18)31-4)24(30)29(2)3/h7-12,14-15H,5-6H2,1-4H3,(H,26,27). The molecule has 1 heterocycles. The number of aromatic nitrogens is 2. The number of ether oxygens (including phenoxy) is 1. The zero-order chi connectivity index (χ0) is 22.1. The highest BCUT2D eigenvalue weighted by Crippen LogP contribution is 2.37. The summed E-state index contributed by atoms with van der Waals surface area (Å²) in [5, 5.41) is 22.3. The Labute approximate surface area is 181 Å². The van der Waals surface area contributed by atoms with E-state index in [0.717, 1.165) is 22.2 Å². The molecule has 7 heteroatoms. The number of carbonyl (C=O) groups excluding carboxylic acids is 1. The number of nitrogens with one attached hydrogen (secondary N) is 1. The van der Waals surface area contributed by atoms with Gasteiger partial charge in [-0.15, -0.1) is 10.2 Å². The van der Waals surface area contributed by atoms with Crippen molar-refractivity contribution in [2.75, 3.05) is 26.5 Å². The largest absolute Gasteiger partial charge is 0.496 e. The van der Waals surface area contributed by atoms with Gasteiger partial charge in [-0.25, -0.2) is 0 Å². The van der Waals surface area contributed by atoms with Crippen LogP contribution in [-0.2, 0) is 0 Å². The lowest BCUT2D eigenvalue weighted by Crippen LogP contribution is -2.21. The first-order chi connectivity index (χ1) is 14.9. The minimum Gasteiger partial charge on any atom is -0.496 e. The smallest absolute Gasteiger partial charge is 0.253 e. The molecule has 1 fully saturated rings. The summed E-state index contributed by atoms with van der Waals surface area (Å²) < 4.78 is 5.57. The van der Waals surface area contributed by atoms with Gasteiger partial charge in [-0.1, -0.05) is 6.07 Å². The Balaban J connectivity index is 1.76. The number of methoxy groups -OCH3 is 1. The first-order valence-electron chi connectivity index (χ1n) is 10.3. The Morgan fingerprint density at radius 2 is 2.00 bits per heavy atom. The summed E-state index contributed by atoms with van der Waals surface area (Å²) in [5.74, 6) is 1.16. The molecule has 3 aromatic rings. The van der Waals surface area contributed by atoms with Crippen molar-refractivity contribution in [1.82, 2.24) is 15.1 Å². The highest BCUT2D eigenvalue weighted by Gasteiger charge is 2.29. The Morgan fingerprint density at radius 1 is 1.23 bits per heavy atom. The minimum atomic E-state index is -0.0845. The van der Waals surface area contributed by atoms with Crippen LogP contribution in [-0.4, -0.2) is 48.3 Å². The van der Waals surface area contributed by atoms with Crippen molar-refractivity contribution in [3.63, 3.8) is 0 Å². The average molecular weight is 415 g/mol. The van der Waals surface area contributed by atoms with Crippen LogP contribution in [0.15, 0.2) is 36.4 Å². The van der Waals surface area contributed by atoms with Crippen LogP contribution < -0.4 is 10.1 Å². The molecule has 1 saturated carbocycles. The van der Waals surface area contributed by atoms with Crippen LogP contribution in [0.5, 0.6) is 5.75 Å². The zero-order valence-electron chi connectivity index (χ0n) is 18.1. The van der Waals surface area contributed by atoms with Crippen molar-refractivity contribution in [2.24, 2.45) is 5.92 Å². The van der Waals surface area contributed by atoms with Gasteiger partial charge >= 0.3 is 0 Å². The third-order valence-corrected chi connectivity index (χ3v) is 5.73. The Morgan fingerprint density at radius 3 is 2.65 bits per heavy atom. The summed E-state index contributed by atoms with van der Waals surface area (Å²) in [4.78, 5) is 13.8. The van der Waals surface area contributed by atoms with E-state index in [9.17, 15) is 10.1 Å². The molecule has 1 aliphatic carbocycles. The number of benzene rings is 2. The molecule has 0 saturated heterocycles. The van der Waals surface area contributed by atoms with E-state index in [0.29, 0.717) is 28.4 Å². The lowest BCUT2D eigenvalue weighted by Gasteiger charge is -2.17. The molecule has 31 heavy (non-hydrogen) atoms. The van der Waals surface area contributed by atoms with Gasteiger partial charge in [-0.2, -0.15) is 5.26 Å². The monoisotopic (exact) mass is 415 g/mol. The summed E-state index contributed by atoms with van der Waals surface area (Å²) in [6, 6.07) is 13.7. The number of amides is 1. The number of rotatable bonds is 6. The van der Waals surface area contributed by atoms with E-state index >= 15 is 0 Å². The molecule has 1 atom stereocenters. The molecule has 0 aliphatic heterocycles. The predicted octanol–water partition coefficient (Wildman–Crippen LogP) is 4.09. The van der Waals surface area contributed by atoms with Crippen LogP contribution in [0.25, 0.3) is 22.0 Å². The maximum absolute atomic E-state index is 12.3. The van der Waals surface area contributed by atoms with Crippen molar-refractivity contribution < 1.29 is 9.53 Å². The fourth-order valence-corrected chi connectivity index (χ4v) is 3.76. The lowest BCUT2D eigenvalue weighted by molar-refractivity contribution is 0.0827. The van der Waals surface area contributed by atoms with Crippen LogP contribution in [0, 0.1) is 17.2 Å². The van der Waals surface area contributed by atoms with Crippen molar-refractivity contribution in [1.29, 1.82) is 5.26 Å². The highest BCUT2D eigenvalue weighted by molar-refractivity contribution is 5.97. The van der Waals surface area contributed by atoms with E-state index in [1.165, 1.54) is 17.7 Å². The number of hydrogen-bond acceptors (Lipinski definition) is 6. The molecule has 7 nitrogen and oxygen atoms in total. The lowest BCUT2D eigenvalue weighted by atomic mass is 10.00. The molecule has 0 radical (unpaired) electrons. The maximum Gasteiger partial charge on any atom is 0.253 e.